The highest BCUT2D eigenvalue weighted by Gasteiger charge is 2.22. The van der Waals surface area contributed by atoms with Gasteiger partial charge in [0.05, 0.1) is 25.4 Å². The van der Waals surface area contributed by atoms with E-state index in [1.165, 1.54) is 5.56 Å². The number of pyridine rings is 1. The van der Waals surface area contributed by atoms with Crippen molar-refractivity contribution in [2.24, 2.45) is 0 Å². The summed E-state index contributed by atoms with van der Waals surface area (Å²) in [5.41, 5.74) is 6.15. The lowest BCUT2D eigenvalue weighted by atomic mass is 10.1. The number of carbonyl (C=O) groups is 1. The summed E-state index contributed by atoms with van der Waals surface area (Å²) in [6.45, 7) is 6.84. The van der Waals surface area contributed by atoms with E-state index in [1.54, 1.807) is 22.7 Å². The Hall–Kier alpha value is -4.05. The minimum atomic E-state index is -0.269. The molecule has 0 unspecified atom stereocenters. The van der Waals surface area contributed by atoms with E-state index in [0.29, 0.717) is 40.4 Å². The van der Waals surface area contributed by atoms with Gasteiger partial charge >= 0.3 is 0 Å². The van der Waals surface area contributed by atoms with Crippen LogP contribution in [0.25, 0.3) is 16.9 Å². The molecular formula is C27H26BrN7O2. The number of aromatic nitrogens is 6. The Bertz CT molecular complexity index is 1610. The second kappa shape index (κ2) is 10.1. The Morgan fingerprint density at radius 3 is 2.57 bits per heavy atom. The maximum absolute atomic E-state index is 13.3. The summed E-state index contributed by atoms with van der Waals surface area (Å²) in [5, 5.41) is 12.9. The highest BCUT2D eigenvalue weighted by Crippen LogP contribution is 2.24. The van der Waals surface area contributed by atoms with Crippen molar-refractivity contribution in [3.05, 3.63) is 93.1 Å². The minimum Gasteiger partial charge on any atom is -0.497 e. The number of hydrogen-bond donors (Lipinski definition) is 1. The fourth-order valence-corrected chi connectivity index (χ4v) is 4.57. The van der Waals surface area contributed by atoms with Crippen LogP contribution in [0.3, 0.4) is 0 Å². The van der Waals surface area contributed by atoms with Crippen LogP contribution in [0.1, 0.15) is 38.4 Å². The largest absolute Gasteiger partial charge is 0.497 e. The summed E-state index contributed by atoms with van der Waals surface area (Å²) < 4.78 is 9.03. The SMILES string of the molecule is COc1ccc(Cn2nc(Br)nc2-n2nc(C(=O)NCc3ccc(C)cc3C)c3cc(C)ncc32)cc1. The van der Waals surface area contributed by atoms with Crippen molar-refractivity contribution >= 4 is 32.7 Å². The number of benzene rings is 2. The molecule has 0 spiro atoms. The molecule has 10 heteroatoms. The molecule has 1 N–H and O–H groups in total. The Morgan fingerprint density at radius 2 is 1.84 bits per heavy atom. The molecule has 0 fully saturated rings. The molecule has 5 rings (SSSR count). The highest BCUT2D eigenvalue weighted by atomic mass is 79.9. The molecule has 2 aromatic carbocycles. The molecule has 188 valence electrons. The van der Waals surface area contributed by atoms with Crippen LogP contribution in [0.2, 0.25) is 0 Å². The molecule has 0 aliphatic heterocycles. The Labute approximate surface area is 222 Å². The van der Waals surface area contributed by atoms with E-state index in [0.717, 1.165) is 28.1 Å². The zero-order chi connectivity index (χ0) is 26.1. The van der Waals surface area contributed by atoms with Gasteiger partial charge in [0.25, 0.3) is 11.9 Å². The first-order valence-electron chi connectivity index (χ1n) is 11.8. The Kier molecular flexibility index (Phi) is 6.75. The molecule has 1 amide bonds. The zero-order valence-corrected chi connectivity index (χ0v) is 22.6. The van der Waals surface area contributed by atoms with Gasteiger partial charge in [-0.2, -0.15) is 14.8 Å². The van der Waals surface area contributed by atoms with E-state index in [4.69, 9.17) is 9.84 Å². The van der Waals surface area contributed by atoms with Crippen molar-refractivity contribution in [3.8, 4) is 11.7 Å². The molecule has 5 aromatic rings. The number of methoxy groups -OCH3 is 1. The van der Waals surface area contributed by atoms with Crippen LogP contribution in [0.4, 0.5) is 0 Å². The van der Waals surface area contributed by atoms with Gasteiger partial charge in [-0.05, 0) is 71.6 Å². The fraction of sp³-hybridized carbons (Fsp3) is 0.222. The van der Waals surface area contributed by atoms with E-state index >= 15 is 0 Å². The van der Waals surface area contributed by atoms with Gasteiger partial charge in [0.15, 0.2) is 5.69 Å². The number of carbonyl (C=O) groups excluding carboxylic acids is 1. The van der Waals surface area contributed by atoms with Crippen LogP contribution in [-0.4, -0.2) is 42.5 Å². The maximum Gasteiger partial charge on any atom is 0.272 e. The van der Waals surface area contributed by atoms with Crippen LogP contribution >= 0.6 is 15.9 Å². The zero-order valence-electron chi connectivity index (χ0n) is 21.0. The molecule has 3 heterocycles. The summed E-state index contributed by atoms with van der Waals surface area (Å²) in [6.07, 6.45) is 1.71. The highest BCUT2D eigenvalue weighted by molar-refractivity contribution is 9.10. The van der Waals surface area contributed by atoms with Crippen molar-refractivity contribution in [2.75, 3.05) is 7.11 Å². The number of rotatable bonds is 7. The van der Waals surface area contributed by atoms with Crippen LogP contribution in [-0.2, 0) is 13.1 Å². The first-order valence-corrected chi connectivity index (χ1v) is 12.5. The lowest BCUT2D eigenvalue weighted by Gasteiger charge is -2.08. The van der Waals surface area contributed by atoms with Crippen LogP contribution in [0.15, 0.2) is 59.5 Å². The van der Waals surface area contributed by atoms with Gasteiger partial charge < -0.3 is 10.1 Å². The van der Waals surface area contributed by atoms with Gasteiger partial charge in [-0.3, -0.25) is 9.78 Å². The molecule has 0 bridgehead atoms. The minimum absolute atomic E-state index is 0.269. The summed E-state index contributed by atoms with van der Waals surface area (Å²) in [4.78, 5) is 22.3. The predicted octanol–water partition coefficient (Wildman–Crippen LogP) is 4.69. The average Bonchev–Trinajstić information content (AvgIpc) is 3.43. The molecule has 0 saturated heterocycles. The smallest absolute Gasteiger partial charge is 0.272 e. The molecule has 0 aliphatic rings. The maximum atomic E-state index is 13.3. The lowest BCUT2D eigenvalue weighted by Crippen LogP contribution is -2.24. The number of fused-ring (bicyclic) bond motifs is 1. The van der Waals surface area contributed by atoms with Gasteiger partial charge in [-0.15, -0.1) is 5.10 Å². The lowest BCUT2D eigenvalue weighted by molar-refractivity contribution is 0.0947. The van der Waals surface area contributed by atoms with E-state index in [1.807, 2.05) is 56.3 Å². The number of aryl methyl sites for hydroxylation is 3. The normalized spacial score (nSPS) is 11.2. The summed E-state index contributed by atoms with van der Waals surface area (Å²) in [5.74, 6) is 0.973. The van der Waals surface area contributed by atoms with E-state index in [2.05, 4.69) is 49.3 Å². The van der Waals surface area contributed by atoms with E-state index < -0.39 is 0 Å². The van der Waals surface area contributed by atoms with Crippen LogP contribution in [0, 0.1) is 20.8 Å². The molecule has 9 nitrogen and oxygen atoms in total. The van der Waals surface area contributed by atoms with Gasteiger partial charge in [0.2, 0.25) is 4.73 Å². The summed E-state index contributed by atoms with van der Waals surface area (Å²) in [7, 11) is 1.63. The van der Waals surface area contributed by atoms with E-state index in [-0.39, 0.29) is 5.91 Å². The van der Waals surface area contributed by atoms with Crippen molar-refractivity contribution in [3.63, 3.8) is 0 Å². The van der Waals surface area contributed by atoms with Crippen molar-refractivity contribution in [1.29, 1.82) is 0 Å². The van der Waals surface area contributed by atoms with Crippen LogP contribution in [0.5, 0.6) is 5.75 Å². The first-order chi connectivity index (χ1) is 17.8. The Balaban J connectivity index is 1.50. The monoisotopic (exact) mass is 559 g/mol. The van der Waals surface area contributed by atoms with Crippen molar-refractivity contribution in [2.45, 2.75) is 33.9 Å². The van der Waals surface area contributed by atoms with Gasteiger partial charge in [-0.25, -0.2) is 4.68 Å². The number of halogens is 1. The number of hydrogen-bond acceptors (Lipinski definition) is 6. The summed E-state index contributed by atoms with van der Waals surface area (Å²) in [6, 6.07) is 15.8. The fourth-order valence-electron chi connectivity index (χ4n) is 4.22. The van der Waals surface area contributed by atoms with E-state index in [9.17, 15) is 4.79 Å². The first kappa shape index (κ1) is 24.6. The second-order valence-corrected chi connectivity index (χ2v) is 9.61. The third-order valence-electron chi connectivity index (χ3n) is 6.16. The van der Waals surface area contributed by atoms with Crippen molar-refractivity contribution in [1.82, 2.24) is 34.8 Å². The van der Waals surface area contributed by atoms with Gasteiger partial charge in [0, 0.05) is 17.6 Å². The molecule has 0 saturated carbocycles. The average molecular weight is 560 g/mol. The van der Waals surface area contributed by atoms with Gasteiger partial charge in [0.1, 0.15) is 5.75 Å². The molecular weight excluding hydrogens is 534 g/mol. The Morgan fingerprint density at radius 1 is 1.05 bits per heavy atom. The third-order valence-corrected chi connectivity index (χ3v) is 6.50. The molecule has 0 aliphatic carbocycles. The number of amides is 1. The van der Waals surface area contributed by atoms with Crippen LogP contribution < -0.4 is 10.1 Å². The topological polar surface area (TPSA) is 99.8 Å². The number of nitrogens with one attached hydrogen (secondary N) is 1. The molecule has 0 radical (unpaired) electrons. The molecule has 0 atom stereocenters. The number of nitrogens with zero attached hydrogens (tertiary/aromatic N) is 6. The molecule has 3 aromatic heterocycles. The third kappa shape index (κ3) is 5.10. The standard InChI is InChI=1S/C27H26BrN7O2/c1-16-5-8-20(17(2)11-16)13-30-25(36)24-22-12-18(3)29-14-23(22)35(32-24)27-31-26(28)33-34(27)15-19-6-9-21(37-4)10-7-19/h5-12,14H,13,15H2,1-4H3,(H,30,36). The predicted molar refractivity (Wildman–Crippen MR) is 144 cm³/mol. The molecule has 37 heavy (non-hydrogen) atoms. The number of ether oxygens (including phenoxy) is 1. The van der Waals surface area contributed by atoms with Crippen molar-refractivity contribution < 1.29 is 9.53 Å². The second-order valence-electron chi connectivity index (χ2n) is 8.90. The summed E-state index contributed by atoms with van der Waals surface area (Å²) >= 11 is 3.39. The van der Waals surface area contributed by atoms with Gasteiger partial charge in [-0.1, -0.05) is 35.9 Å². The quantitative estimate of drug-likeness (QED) is 0.310.